The van der Waals surface area contributed by atoms with Crippen molar-refractivity contribution in [3.8, 4) is 28.0 Å². The number of ether oxygens (including phenoxy) is 1. The minimum Gasteiger partial charge on any atom is -0.490 e. The number of rotatable bonds is 6. The van der Waals surface area contributed by atoms with Crippen LogP contribution in [0.3, 0.4) is 0 Å². The van der Waals surface area contributed by atoms with E-state index >= 15 is 4.39 Å². The van der Waals surface area contributed by atoms with Gasteiger partial charge >= 0.3 is 0 Å². The molecule has 0 unspecified atom stereocenters. The summed E-state index contributed by atoms with van der Waals surface area (Å²) in [6.45, 7) is 5.95. The van der Waals surface area contributed by atoms with Gasteiger partial charge in [-0.1, -0.05) is 62.0 Å². The average Bonchev–Trinajstić information content (AvgIpc) is 2.78. The van der Waals surface area contributed by atoms with E-state index in [1.165, 1.54) is 12.1 Å². The quantitative estimate of drug-likeness (QED) is 0.291. The molecule has 0 spiro atoms. The Morgan fingerprint density at radius 2 is 1.55 bits per heavy atom. The smallest absolute Gasteiger partial charge is 0.138 e. The van der Waals surface area contributed by atoms with Gasteiger partial charge in [0.05, 0.1) is 5.56 Å². The summed E-state index contributed by atoms with van der Waals surface area (Å²) in [7, 11) is 0. The molecule has 0 aliphatic rings. The Morgan fingerprint density at radius 1 is 0.839 bits per heavy atom. The summed E-state index contributed by atoms with van der Waals surface area (Å²) in [5.41, 5.74) is 1.63. The summed E-state index contributed by atoms with van der Waals surface area (Å²) in [6.07, 6.45) is 2.46. The fourth-order valence-corrected chi connectivity index (χ4v) is 3.66. The second kappa shape index (κ2) is 8.68. The molecule has 0 aliphatic carbocycles. The summed E-state index contributed by atoms with van der Waals surface area (Å²) in [6, 6.07) is 17.6. The maximum absolute atomic E-state index is 15.2. The van der Waals surface area contributed by atoms with E-state index in [0.29, 0.717) is 23.3 Å². The third-order valence-corrected chi connectivity index (χ3v) is 5.29. The first kappa shape index (κ1) is 20.7. The zero-order chi connectivity index (χ0) is 22.0. The van der Waals surface area contributed by atoms with Gasteiger partial charge in [0.1, 0.15) is 29.8 Å². The van der Waals surface area contributed by atoms with Gasteiger partial charge in [0, 0.05) is 10.9 Å². The molecule has 0 fully saturated rings. The number of aryl methyl sites for hydroxylation is 1. The molecular formula is C27H21F3O. The molecule has 4 aromatic rings. The predicted molar refractivity (Wildman–Crippen MR) is 120 cm³/mol. The lowest BCUT2D eigenvalue weighted by Gasteiger charge is -2.12. The summed E-state index contributed by atoms with van der Waals surface area (Å²) < 4.78 is 50.4. The molecule has 1 nitrogen and oxygen atoms in total. The van der Waals surface area contributed by atoms with Crippen LogP contribution in [-0.2, 0) is 6.42 Å². The summed E-state index contributed by atoms with van der Waals surface area (Å²) >= 11 is 0. The number of hydrogen-bond donors (Lipinski definition) is 0. The van der Waals surface area contributed by atoms with Crippen LogP contribution >= 0.6 is 0 Å². The van der Waals surface area contributed by atoms with Crippen LogP contribution < -0.4 is 4.74 Å². The largest absolute Gasteiger partial charge is 0.490 e. The highest BCUT2D eigenvalue weighted by Gasteiger charge is 2.17. The van der Waals surface area contributed by atoms with Crippen LogP contribution in [0.25, 0.3) is 33.0 Å². The van der Waals surface area contributed by atoms with Crippen molar-refractivity contribution in [3.05, 3.63) is 102 Å². The van der Waals surface area contributed by atoms with Gasteiger partial charge in [-0.2, -0.15) is 0 Å². The van der Waals surface area contributed by atoms with E-state index in [2.05, 4.69) is 6.58 Å². The summed E-state index contributed by atoms with van der Waals surface area (Å²) in [4.78, 5) is 0. The van der Waals surface area contributed by atoms with Crippen molar-refractivity contribution in [1.29, 1.82) is 0 Å². The minimum atomic E-state index is -0.754. The maximum atomic E-state index is 15.2. The number of halogens is 3. The standard InChI is InChI=1S/C27H21F3O/c1-3-13-31-21-9-6-18(7-10-21)26-24(28)15-20(16-25(26)29)23-12-8-19-14-17(4-2)5-11-22(19)27(23)30/h3,5-12,14-16H,1,4,13H2,2H3. The third kappa shape index (κ3) is 4.06. The van der Waals surface area contributed by atoms with Crippen LogP contribution in [0, 0.1) is 17.5 Å². The SMILES string of the molecule is C=CCOc1ccc(-c2c(F)cc(-c3ccc4cc(CC)ccc4c3F)cc2F)cc1. The lowest BCUT2D eigenvalue weighted by Crippen LogP contribution is -1.95. The molecule has 31 heavy (non-hydrogen) atoms. The van der Waals surface area contributed by atoms with Crippen molar-refractivity contribution in [3.63, 3.8) is 0 Å². The molecule has 0 bridgehead atoms. The molecule has 0 N–H and O–H groups in total. The lowest BCUT2D eigenvalue weighted by molar-refractivity contribution is 0.363. The van der Waals surface area contributed by atoms with Crippen molar-refractivity contribution in [1.82, 2.24) is 0 Å². The minimum absolute atomic E-state index is 0.156. The van der Waals surface area contributed by atoms with Crippen molar-refractivity contribution in [2.24, 2.45) is 0 Å². The topological polar surface area (TPSA) is 9.23 Å². The van der Waals surface area contributed by atoms with Gasteiger partial charge < -0.3 is 4.74 Å². The molecule has 4 rings (SSSR count). The molecule has 4 aromatic carbocycles. The lowest BCUT2D eigenvalue weighted by atomic mass is 9.96. The van der Waals surface area contributed by atoms with Gasteiger partial charge in [-0.15, -0.1) is 0 Å². The van der Waals surface area contributed by atoms with Gasteiger partial charge in [0.15, 0.2) is 0 Å². The second-order valence-electron chi connectivity index (χ2n) is 7.28. The van der Waals surface area contributed by atoms with E-state index in [-0.39, 0.29) is 16.7 Å². The molecular weight excluding hydrogens is 397 g/mol. The normalized spacial score (nSPS) is 11.0. The van der Waals surface area contributed by atoms with E-state index < -0.39 is 17.5 Å². The van der Waals surface area contributed by atoms with Gasteiger partial charge in [0.2, 0.25) is 0 Å². The Kier molecular flexibility index (Phi) is 5.81. The number of fused-ring (bicyclic) bond motifs is 1. The van der Waals surface area contributed by atoms with Crippen LogP contribution in [0.15, 0.2) is 79.4 Å². The van der Waals surface area contributed by atoms with Crippen LogP contribution in [0.4, 0.5) is 13.2 Å². The van der Waals surface area contributed by atoms with Crippen molar-refractivity contribution < 1.29 is 17.9 Å². The summed E-state index contributed by atoms with van der Waals surface area (Å²) in [5, 5.41) is 1.19. The van der Waals surface area contributed by atoms with Crippen LogP contribution in [-0.4, -0.2) is 6.61 Å². The molecule has 0 radical (unpaired) electrons. The van der Waals surface area contributed by atoms with Gasteiger partial charge in [-0.05, 0) is 52.8 Å². The van der Waals surface area contributed by atoms with Gasteiger partial charge in [0.25, 0.3) is 0 Å². The van der Waals surface area contributed by atoms with E-state index in [4.69, 9.17) is 4.74 Å². The Bertz CT molecular complexity index is 1240. The molecule has 0 aromatic heterocycles. The van der Waals surface area contributed by atoms with Gasteiger partial charge in [-0.3, -0.25) is 0 Å². The molecule has 4 heteroatoms. The molecule has 0 heterocycles. The van der Waals surface area contributed by atoms with Crippen molar-refractivity contribution in [2.75, 3.05) is 6.61 Å². The highest BCUT2D eigenvalue weighted by Crippen LogP contribution is 2.35. The van der Waals surface area contributed by atoms with E-state index in [1.54, 1.807) is 48.5 Å². The monoisotopic (exact) mass is 418 g/mol. The molecule has 0 amide bonds. The Balaban J connectivity index is 1.73. The maximum Gasteiger partial charge on any atom is 0.138 e. The molecule has 0 atom stereocenters. The number of hydrogen-bond acceptors (Lipinski definition) is 1. The fourth-order valence-electron chi connectivity index (χ4n) is 3.66. The van der Waals surface area contributed by atoms with Crippen molar-refractivity contribution >= 4 is 10.8 Å². The summed E-state index contributed by atoms with van der Waals surface area (Å²) in [5.74, 6) is -1.42. The first-order valence-corrected chi connectivity index (χ1v) is 10.1. The Labute approximate surface area is 179 Å². The highest BCUT2D eigenvalue weighted by molar-refractivity contribution is 5.89. The first-order chi connectivity index (χ1) is 15.0. The fraction of sp³-hybridized carbons (Fsp3) is 0.111. The first-order valence-electron chi connectivity index (χ1n) is 10.1. The third-order valence-electron chi connectivity index (χ3n) is 5.29. The molecule has 0 saturated carbocycles. The van der Waals surface area contributed by atoms with Crippen LogP contribution in [0.1, 0.15) is 12.5 Å². The van der Waals surface area contributed by atoms with Crippen LogP contribution in [0.2, 0.25) is 0 Å². The highest BCUT2D eigenvalue weighted by atomic mass is 19.1. The number of benzene rings is 4. The molecule has 156 valence electrons. The van der Waals surface area contributed by atoms with Gasteiger partial charge in [-0.25, -0.2) is 13.2 Å². The predicted octanol–water partition coefficient (Wildman–Crippen LogP) is 7.72. The Hall–Kier alpha value is -3.53. The Morgan fingerprint density at radius 3 is 2.19 bits per heavy atom. The van der Waals surface area contributed by atoms with Crippen LogP contribution in [0.5, 0.6) is 5.75 Å². The molecule has 0 aliphatic heterocycles. The zero-order valence-corrected chi connectivity index (χ0v) is 17.1. The van der Waals surface area contributed by atoms with E-state index in [1.807, 2.05) is 19.1 Å². The molecule has 0 saturated heterocycles. The average molecular weight is 418 g/mol. The van der Waals surface area contributed by atoms with E-state index in [9.17, 15) is 8.78 Å². The second-order valence-corrected chi connectivity index (χ2v) is 7.28. The zero-order valence-electron chi connectivity index (χ0n) is 17.1. The van der Waals surface area contributed by atoms with E-state index in [0.717, 1.165) is 17.4 Å². The van der Waals surface area contributed by atoms with Crippen molar-refractivity contribution in [2.45, 2.75) is 13.3 Å².